The minimum atomic E-state index is 0.707. The van der Waals surface area contributed by atoms with E-state index >= 15 is 0 Å². The third-order valence-electron chi connectivity index (χ3n) is 4.92. The zero-order valence-electron chi connectivity index (χ0n) is 14.6. The molecule has 0 aliphatic rings. The molecule has 0 heterocycles. The molecule has 0 amide bonds. The predicted molar refractivity (Wildman–Crippen MR) is 101 cm³/mol. The van der Waals surface area contributed by atoms with E-state index in [9.17, 15) is 0 Å². The van der Waals surface area contributed by atoms with Crippen LogP contribution in [0.15, 0.2) is 54.6 Å². The maximum absolute atomic E-state index is 9.00. The Labute approximate surface area is 144 Å². The summed E-state index contributed by atoms with van der Waals surface area (Å²) in [6.45, 7) is 8.58. The molecule has 0 N–H and O–H groups in total. The maximum atomic E-state index is 9.00. The summed E-state index contributed by atoms with van der Waals surface area (Å²) in [6.07, 6.45) is 0. The third-order valence-corrected chi connectivity index (χ3v) is 4.92. The molecule has 0 unspecified atom stereocenters. The minimum Gasteiger partial charge on any atom is -0.192 e. The molecule has 3 rings (SSSR count). The van der Waals surface area contributed by atoms with E-state index in [1.807, 2.05) is 18.2 Å². The van der Waals surface area contributed by atoms with Crippen LogP contribution in [0.25, 0.3) is 22.3 Å². The van der Waals surface area contributed by atoms with Crippen molar-refractivity contribution in [2.24, 2.45) is 0 Å². The summed E-state index contributed by atoms with van der Waals surface area (Å²) in [5.41, 5.74) is 10.8. The van der Waals surface area contributed by atoms with E-state index in [-0.39, 0.29) is 0 Å². The Morgan fingerprint density at radius 3 is 1.79 bits per heavy atom. The molecule has 0 spiro atoms. The SMILES string of the molecule is Cc1cc(C#N)ccc1-c1ccc(-c2ccc(C)c(C)c2C)cc1. The molecule has 3 aromatic rings. The van der Waals surface area contributed by atoms with Crippen molar-refractivity contribution in [3.8, 4) is 28.3 Å². The number of rotatable bonds is 2. The summed E-state index contributed by atoms with van der Waals surface area (Å²) in [4.78, 5) is 0. The van der Waals surface area contributed by atoms with Crippen LogP contribution in [0, 0.1) is 39.0 Å². The lowest BCUT2D eigenvalue weighted by molar-refractivity contribution is 1.27. The lowest BCUT2D eigenvalue weighted by Crippen LogP contribution is -1.91. The van der Waals surface area contributed by atoms with Crippen molar-refractivity contribution in [1.82, 2.24) is 0 Å². The van der Waals surface area contributed by atoms with E-state index in [1.54, 1.807) is 0 Å². The van der Waals surface area contributed by atoms with Gasteiger partial charge in [0.25, 0.3) is 0 Å². The maximum Gasteiger partial charge on any atom is 0.0991 e. The van der Waals surface area contributed by atoms with Crippen molar-refractivity contribution in [3.63, 3.8) is 0 Å². The molecule has 0 saturated heterocycles. The number of nitrogens with zero attached hydrogens (tertiary/aromatic N) is 1. The number of benzene rings is 3. The highest BCUT2D eigenvalue weighted by atomic mass is 14.2. The molecular formula is C23H21N. The smallest absolute Gasteiger partial charge is 0.0991 e. The first-order chi connectivity index (χ1) is 11.5. The average Bonchev–Trinajstić information content (AvgIpc) is 2.60. The van der Waals surface area contributed by atoms with Gasteiger partial charge < -0.3 is 0 Å². The second-order valence-corrected chi connectivity index (χ2v) is 6.40. The average molecular weight is 311 g/mol. The number of hydrogen-bond acceptors (Lipinski definition) is 1. The van der Waals surface area contributed by atoms with Crippen LogP contribution in [0.4, 0.5) is 0 Å². The second-order valence-electron chi connectivity index (χ2n) is 6.40. The molecule has 0 fully saturated rings. The first-order valence-corrected chi connectivity index (χ1v) is 8.19. The summed E-state index contributed by atoms with van der Waals surface area (Å²) in [5.74, 6) is 0. The topological polar surface area (TPSA) is 23.8 Å². The Bertz CT molecular complexity index is 941. The third kappa shape index (κ3) is 2.84. The van der Waals surface area contributed by atoms with Gasteiger partial charge in [0.15, 0.2) is 0 Å². The number of hydrogen-bond donors (Lipinski definition) is 0. The van der Waals surface area contributed by atoms with Crippen molar-refractivity contribution in [2.45, 2.75) is 27.7 Å². The van der Waals surface area contributed by atoms with Crippen LogP contribution in [0.1, 0.15) is 27.8 Å². The largest absolute Gasteiger partial charge is 0.192 e. The number of aryl methyl sites for hydroxylation is 2. The highest BCUT2D eigenvalue weighted by molar-refractivity contribution is 5.74. The van der Waals surface area contributed by atoms with E-state index in [0.29, 0.717) is 5.56 Å². The fraction of sp³-hybridized carbons (Fsp3) is 0.174. The van der Waals surface area contributed by atoms with Crippen molar-refractivity contribution in [3.05, 3.63) is 82.4 Å². The Hall–Kier alpha value is -2.85. The molecule has 0 aliphatic heterocycles. The van der Waals surface area contributed by atoms with Gasteiger partial charge >= 0.3 is 0 Å². The van der Waals surface area contributed by atoms with Crippen LogP contribution in [0.3, 0.4) is 0 Å². The Morgan fingerprint density at radius 1 is 0.625 bits per heavy atom. The van der Waals surface area contributed by atoms with Gasteiger partial charge in [0.05, 0.1) is 11.6 Å². The molecule has 3 aromatic carbocycles. The lowest BCUT2D eigenvalue weighted by Gasteiger charge is -2.13. The van der Waals surface area contributed by atoms with Crippen LogP contribution in [-0.2, 0) is 0 Å². The van der Waals surface area contributed by atoms with Gasteiger partial charge in [0.1, 0.15) is 0 Å². The van der Waals surface area contributed by atoms with E-state index in [0.717, 1.165) is 5.56 Å². The van der Waals surface area contributed by atoms with E-state index in [1.165, 1.54) is 38.9 Å². The summed E-state index contributed by atoms with van der Waals surface area (Å²) >= 11 is 0. The molecule has 1 nitrogen and oxygen atoms in total. The fourth-order valence-corrected chi connectivity index (χ4v) is 3.16. The molecular weight excluding hydrogens is 290 g/mol. The van der Waals surface area contributed by atoms with E-state index in [4.69, 9.17) is 5.26 Å². The van der Waals surface area contributed by atoms with Gasteiger partial charge in [0, 0.05) is 0 Å². The molecule has 1 heteroatoms. The molecule has 118 valence electrons. The molecule has 0 aromatic heterocycles. The predicted octanol–water partition coefficient (Wildman–Crippen LogP) is 6.13. The second kappa shape index (κ2) is 6.34. The molecule has 0 atom stereocenters. The summed E-state index contributed by atoms with van der Waals surface area (Å²) < 4.78 is 0. The van der Waals surface area contributed by atoms with Gasteiger partial charge in [-0.25, -0.2) is 0 Å². The summed E-state index contributed by atoms with van der Waals surface area (Å²) in [7, 11) is 0. The lowest BCUT2D eigenvalue weighted by atomic mass is 9.92. The number of nitriles is 1. The summed E-state index contributed by atoms with van der Waals surface area (Å²) in [6, 6.07) is 21.1. The van der Waals surface area contributed by atoms with Crippen LogP contribution >= 0.6 is 0 Å². The van der Waals surface area contributed by atoms with E-state index in [2.05, 4.69) is 70.2 Å². The van der Waals surface area contributed by atoms with Crippen molar-refractivity contribution in [2.75, 3.05) is 0 Å². The van der Waals surface area contributed by atoms with E-state index < -0.39 is 0 Å². The normalized spacial score (nSPS) is 10.5. The van der Waals surface area contributed by atoms with Crippen molar-refractivity contribution < 1.29 is 0 Å². The highest BCUT2D eigenvalue weighted by Crippen LogP contribution is 2.30. The molecule has 0 radical (unpaired) electrons. The highest BCUT2D eigenvalue weighted by Gasteiger charge is 2.08. The van der Waals surface area contributed by atoms with Crippen molar-refractivity contribution in [1.29, 1.82) is 5.26 Å². The Morgan fingerprint density at radius 2 is 1.21 bits per heavy atom. The van der Waals surface area contributed by atoms with Gasteiger partial charge in [-0.05, 0) is 84.3 Å². The van der Waals surface area contributed by atoms with Crippen LogP contribution < -0.4 is 0 Å². The molecule has 24 heavy (non-hydrogen) atoms. The van der Waals surface area contributed by atoms with Gasteiger partial charge in [-0.3, -0.25) is 0 Å². The molecule has 0 aliphatic carbocycles. The first kappa shape index (κ1) is 16.0. The van der Waals surface area contributed by atoms with Crippen LogP contribution in [0.5, 0.6) is 0 Å². The van der Waals surface area contributed by atoms with Gasteiger partial charge in [-0.15, -0.1) is 0 Å². The molecule has 0 saturated carbocycles. The Kier molecular flexibility index (Phi) is 4.23. The Balaban J connectivity index is 2.00. The quantitative estimate of drug-likeness (QED) is 0.559. The zero-order chi connectivity index (χ0) is 17.3. The monoisotopic (exact) mass is 311 g/mol. The van der Waals surface area contributed by atoms with Gasteiger partial charge in [-0.2, -0.15) is 5.26 Å². The minimum absolute atomic E-state index is 0.707. The van der Waals surface area contributed by atoms with Gasteiger partial charge in [-0.1, -0.05) is 42.5 Å². The molecule has 0 bridgehead atoms. The van der Waals surface area contributed by atoms with Crippen molar-refractivity contribution >= 4 is 0 Å². The first-order valence-electron chi connectivity index (χ1n) is 8.19. The van der Waals surface area contributed by atoms with Crippen LogP contribution in [-0.4, -0.2) is 0 Å². The fourth-order valence-electron chi connectivity index (χ4n) is 3.16. The standard InChI is InChI=1S/C23H21N/c1-15-5-11-23(18(4)17(15)3)21-9-7-20(8-10-21)22-12-6-19(14-24)13-16(22)2/h5-13H,1-4H3. The van der Waals surface area contributed by atoms with Crippen LogP contribution in [0.2, 0.25) is 0 Å². The van der Waals surface area contributed by atoms with Gasteiger partial charge in [0.2, 0.25) is 0 Å². The summed E-state index contributed by atoms with van der Waals surface area (Å²) in [5, 5.41) is 9.00. The zero-order valence-corrected chi connectivity index (χ0v) is 14.6.